The Morgan fingerprint density at radius 1 is 0.762 bits per heavy atom. The molecule has 1 aliphatic heterocycles. The zero-order valence-corrected chi connectivity index (χ0v) is 15.4. The van der Waals surface area contributed by atoms with Crippen molar-refractivity contribution in [1.29, 1.82) is 0 Å². The van der Waals surface area contributed by atoms with E-state index in [0.717, 1.165) is 24.5 Å². The molecule has 0 spiro atoms. The zero-order chi connectivity index (χ0) is 15.9. The van der Waals surface area contributed by atoms with E-state index in [0.29, 0.717) is 5.31 Å². The predicted molar refractivity (Wildman–Crippen MR) is 99.1 cm³/mol. The van der Waals surface area contributed by atoms with E-state index in [4.69, 9.17) is 0 Å². The molecule has 120 valence electrons. The Balaban J connectivity index is 2.82. The molecule has 0 N–H and O–H groups in total. The highest BCUT2D eigenvalue weighted by molar-refractivity contribution is 6.68. The van der Waals surface area contributed by atoms with Gasteiger partial charge in [0, 0.05) is 0 Å². The van der Waals surface area contributed by atoms with Gasteiger partial charge in [-0.25, -0.2) is 0 Å². The van der Waals surface area contributed by atoms with Crippen LogP contribution in [0, 0.1) is 17.8 Å². The second-order valence-electron chi connectivity index (χ2n) is 8.42. The van der Waals surface area contributed by atoms with Gasteiger partial charge in [-0.1, -0.05) is 98.2 Å². The Morgan fingerprint density at radius 2 is 1.29 bits per heavy atom. The Hall–Kier alpha value is -0.455. The van der Waals surface area contributed by atoms with E-state index in [-0.39, 0.29) is 0 Å². The lowest BCUT2D eigenvalue weighted by Gasteiger charge is -2.39. The van der Waals surface area contributed by atoms with E-state index in [2.05, 4.69) is 65.7 Å². The third-order valence-electron chi connectivity index (χ3n) is 5.05. The van der Waals surface area contributed by atoms with Gasteiger partial charge in [-0.15, -0.1) is 5.98 Å². The molecule has 1 heteroatoms. The van der Waals surface area contributed by atoms with Gasteiger partial charge in [0.05, 0.1) is 0 Å². The van der Waals surface area contributed by atoms with Crippen molar-refractivity contribution in [3.8, 4) is 0 Å². The molecule has 0 radical (unpaired) electrons. The molecule has 21 heavy (non-hydrogen) atoms. The first-order chi connectivity index (χ1) is 9.85. The minimum atomic E-state index is 0.429. The van der Waals surface area contributed by atoms with Crippen LogP contribution in [0.2, 0.25) is 11.6 Å². The van der Waals surface area contributed by atoms with Gasteiger partial charge in [-0.05, 0) is 23.1 Å². The molecule has 0 nitrogen and oxygen atoms in total. The first-order valence-corrected chi connectivity index (χ1v) is 9.21. The molecule has 0 aromatic carbocycles. The summed E-state index contributed by atoms with van der Waals surface area (Å²) in [5, 5.41) is 0.429. The van der Waals surface area contributed by atoms with Crippen molar-refractivity contribution in [3.63, 3.8) is 0 Å². The van der Waals surface area contributed by atoms with Gasteiger partial charge in [-0.3, -0.25) is 0 Å². The van der Waals surface area contributed by atoms with Crippen molar-refractivity contribution >= 4 is 6.71 Å². The highest BCUT2D eigenvalue weighted by atomic mass is 14.3. The smallest absolute Gasteiger partial charge is 0.114 e. The SMILES string of the molecule is CC(C)CCB1C=CC=CC1(CCC(C)C)CCC(C)C. The van der Waals surface area contributed by atoms with Crippen LogP contribution < -0.4 is 0 Å². The first-order valence-electron chi connectivity index (χ1n) is 9.21. The maximum atomic E-state index is 2.56. The molecule has 0 fully saturated rings. The number of hydrogen-bond acceptors (Lipinski definition) is 0. The Kier molecular flexibility index (Phi) is 7.84. The van der Waals surface area contributed by atoms with E-state index in [1.807, 2.05) is 0 Å². The summed E-state index contributed by atoms with van der Waals surface area (Å²) in [6, 6.07) is 0. The molecular weight excluding hydrogens is 251 g/mol. The molecule has 0 aromatic heterocycles. The highest BCUT2D eigenvalue weighted by Gasteiger charge is 2.38. The lowest BCUT2D eigenvalue weighted by molar-refractivity contribution is 0.426. The molecule has 0 saturated heterocycles. The molecule has 0 saturated carbocycles. The number of hydrogen-bond donors (Lipinski definition) is 0. The van der Waals surface area contributed by atoms with Crippen LogP contribution in [0.5, 0.6) is 0 Å². The Morgan fingerprint density at radius 3 is 1.76 bits per heavy atom. The normalized spacial score (nSPS) is 17.5. The molecule has 0 amide bonds. The molecular formula is C20H37B. The molecule has 1 heterocycles. The second kappa shape index (κ2) is 8.86. The van der Waals surface area contributed by atoms with Crippen LogP contribution in [0.3, 0.4) is 0 Å². The minimum absolute atomic E-state index is 0.429. The van der Waals surface area contributed by atoms with Gasteiger partial charge < -0.3 is 0 Å². The van der Waals surface area contributed by atoms with Crippen LogP contribution in [0.1, 0.15) is 73.6 Å². The van der Waals surface area contributed by atoms with Gasteiger partial charge >= 0.3 is 0 Å². The molecule has 0 atom stereocenters. The topological polar surface area (TPSA) is 0 Å². The van der Waals surface area contributed by atoms with E-state index in [1.54, 1.807) is 0 Å². The van der Waals surface area contributed by atoms with E-state index >= 15 is 0 Å². The van der Waals surface area contributed by atoms with E-state index in [1.165, 1.54) is 38.4 Å². The maximum Gasteiger partial charge on any atom is 0.176 e. The van der Waals surface area contributed by atoms with Crippen LogP contribution in [0.4, 0.5) is 0 Å². The summed E-state index contributed by atoms with van der Waals surface area (Å²) in [5.74, 6) is 4.94. The molecule has 0 aliphatic carbocycles. The minimum Gasteiger partial charge on any atom is -0.114 e. The lowest BCUT2D eigenvalue weighted by Crippen LogP contribution is -2.32. The van der Waals surface area contributed by atoms with Crippen LogP contribution in [0.15, 0.2) is 24.2 Å². The highest BCUT2D eigenvalue weighted by Crippen LogP contribution is 2.47. The van der Waals surface area contributed by atoms with Gasteiger partial charge in [0.15, 0.2) is 6.71 Å². The van der Waals surface area contributed by atoms with Crippen molar-refractivity contribution in [2.75, 3.05) is 0 Å². The summed E-state index contributed by atoms with van der Waals surface area (Å²) in [6.07, 6.45) is 15.3. The largest absolute Gasteiger partial charge is 0.176 e. The maximum absolute atomic E-state index is 2.56. The summed E-state index contributed by atoms with van der Waals surface area (Å²) in [6.45, 7) is 14.9. The van der Waals surface area contributed by atoms with Crippen molar-refractivity contribution < 1.29 is 0 Å². The van der Waals surface area contributed by atoms with Gasteiger partial charge in [0.1, 0.15) is 0 Å². The fraction of sp³-hybridized carbons (Fsp3) is 0.800. The zero-order valence-electron chi connectivity index (χ0n) is 15.4. The third kappa shape index (κ3) is 6.45. The monoisotopic (exact) mass is 288 g/mol. The summed E-state index contributed by atoms with van der Waals surface area (Å²) in [4.78, 5) is 0. The van der Waals surface area contributed by atoms with Crippen molar-refractivity contribution in [2.24, 2.45) is 17.8 Å². The van der Waals surface area contributed by atoms with Crippen LogP contribution in [-0.4, -0.2) is 6.71 Å². The number of allylic oxidation sites excluding steroid dienone is 3. The molecule has 0 unspecified atom stereocenters. The summed E-state index contributed by atoms with van der Waals surface area (Å²) < 4.78 is 0. The van der Waals surface area contributed by atoms with E-state index < -0.39 is 0 Å². The third-order valence-corrected chi connectivity index (χ3v) is 5.05. The van der Waals surface area contributed by atoms with Crippen molar-refractivity contribution in [3.05, 3.63) is 24.2 Å². The van der Waals surface area contributed by atoms with Gasteiger partial charge in [0.2, 0.25) is 0 Å². The van der Waals surface area contributed by atoms with E-state index in [9.17, 15) is 0 Å². The van der Waals surface area contributed by atoms with Crippen LogP contribution in [0.25, 0.3) is 0 Å². The summed E-state index contributed by atoms with van der Waals surface area (Å²) in [7, 11) is 0. The molecule has 1 rings (SSSR count). The Bertz CT molecular complexity index is 324. The summed E-state index contributed by atoms with van der Waals surface area (Å²) in [5.41, 5.74) is 0. The Labute approximate surface area is 134 Å². The fourth-order valence-corrected chi connectivity index (χ4v) is 3.43. The van der Waals surface area contributed by atoms with Crippen LogP contribution >= 0.6 is 0 Å². The summed E-state index contributed by atoms with van der Waals surface area (Å²) >= 11 is 0. The van der Waals surface area contributed by atoms with Gasteiger partial charge in [0.25, 0.3) is 0 Å². The molecule has 0 bridgehead atoms. The standard InChI is InChI=1S/C20H37B/c1-17(2)9-13-20(14-10-18(3)4)12-7-8-15-21(20)16-11-19(5)6/h7-8,12,15,17-19H,9-11,13-14,16H2,1-6H3. The average molecular weight is 288 g/mol. The quantitative estimate of drug-likeness (QED) is 0.409. The lowest BCUT2D eigenvalue weighted by atomic mass is 9.28. The van der Waals surface area contributed by atoms with Gasteiger partial charge in [-0.2, -0.15) is 0 Å². The van der Waals surface area contributed by atoms with Crippen molar-refractivity contribution in [1.82, 2.24) is 0 Å². The van der Waals surface area contributed by atoms with Crippen molar-refractivity contribution in [2.45, 2.75) is 85.3 Å². The average Bonchev–Trinajstić information content (AvgIpc) is 2.41. The molecule has 0 aromatic rings. The molecule has 1 aliphatic rings. The first kappa shape index (κ1) is 18.6. The van der Waals surface area contributed by atoms with Crippen LogP contribution in [-0.2, 0) is 0 Å². The number of rotatable bonds is 9. The fourth-order valence-electron chi connectivity index (χ4n) is 3.43. The predicted octanol–water partition coefficient (Wildman–Crippen LogP) is 6.81. The second-order valence-corrected chi connectivity index (χ2v) is 8.42.